The number of hydrogen-bond donors (Lipinski definition) is 1. The summed E-state index contributed by atoms with van der Waals surface area (Å²) in [5, 5.41) is 21.5. The van der Waals surface area contributed by atoms with Crippen molar-refractivity contribution in [3.8, 4) is 11.1 Å². The van der Waals surface area contributed by atoms with E-state index >= 15 is 0 Å². The number of halogens is 1. The van der Waals surface area contributed by atoms with E-state index in [9.17, 15) is 28.4 Å². The van der Waals surface area contributed by atoms with Gasteiger partial charge in [-0.05, 0) is 58.9 Å². The van der Waals surface area contributed by atoms with E-state index in [1.165, 1.54) is 18.2 Å². The molecule has 0 saturated heterocycles. The molecular weight excluding hydrogens is 480 g/mol. The maximum Gasteiger partial charge on any atom is 0.326 e. The van der Waals surface area contributed by atoms with Crippen molar-refractivity contribution in [3.05, 3.63) is 98.6 Å². The standard InChI is InChI=1S/C24H21ClN2O6S/c25-20-7-5-18(6-8-20)17-3-1-16(2-4-17)12-14-34(32,33)26-13-11-19-15-21(27(30)31)9-10-22(19)23(26)24(28)29/h1-10,15,23H,11-14H2,(H,28,29). The molecule has 0 amide bonds. The number of aliphatic carboxylic acids is 1. The highest BCUT2D eigenvalue weighted by atomic mass is 35.5. The minimum atomic E-state index is -3.91. The Morgan fingerprint density at radius 1 is 1.06 bits per heavy atom. The van der Waals surface area contributed by atoms with Gasteiger partial charge in [0.1, 0.15) is 6.04 Å². The van der Waals surface area contributed by atoms with Gasteiger partial charge >= 0.3 is 5.97 Å². The summed E-state index contributed by atoms with van der Waals surface area (Å²) in [5.41, 5.74) is 3.35. The van der Waals surface area contributed by atoms with Gasteiger partial charge in [0.05, 0.1) is 10.7 Å². The normalized spacial score (nSPS) is 16.1. The molecule has 176 valence electrons. The third-order valence-electron chi connectivity index (χ3n) is 5.89. The average Bonchev–Trinajstić information content (AvgIpc) is 2.82. The van der Waals surface area contributed by atoms with E-state index in [0.29, 0.717) is 10.6 Å². The maximum absolute atomic E-state index is 13.1. The molecule has 1 aliphatic rings. The van der Waals surface area contributed by atoms with Crippen LogP contribution >= 0.6 is 11.6 Å². The Hall–Kier alpha value is -3.27. The number of nitrogens with zero attached hydrogens (tertiary/aromatic N) is 2. The van der Waals surface area contributed by atoms with Crippen molar-refractivity contribution in [2.75, 3.05) is 12.3 Å². The van der Waals surface area contributed by atoms with E-state index in [-0.39, 0.29) is 36.4 Å². The van der Waals surface area contributed by atoms with Crippen LogP contribution in [0.15, 0.2) is 66.7 Å². The molecule has 3 aromatic carbocycles. The number of nitro benzene ring substituents is 1. The van der Waals surface area contributed by atoms with E-state index in [1.54, 1.807) is 12.1 Å². The number of carboxylic acid groups (broad SMARTS) is 1. The third-order valence-corrected chi connectivity index (χ3v) is 7.97. The zero-order valence-corrected chi connectivity index (χ0v) is 19.5. The summed E-state index contributed by atoms with van der Waals surface area (Å²) in [7, 11) is -3.91. The van der Waals surface area contributed by atoms with Gasteiger partial charge in [0.15, 0.2) is 0 Å². The largest absolute Gasteiger partial charge is 0.480 e. The van der Waals surface area contributed by atoms with Gasteiger partial charge in [0.2, 0.25) is 10.0 Å². The van der Waals surface area contributed by atoms with Crippen LogP contribution in [0.2, 0.25) is 5.02 Å². The van der Waals surface area contributed by atoms with Crippen LogP contribution in [-0.4, -0.2) is 41.0 Å². The first-order valence-corrected chi connectivity index (χ1v) is 12.5. The van der Waals surface area contributed by atoms with Gasteiger partial charge in [0.25, 0.3) is 5.69 Å². The molecule has 4 rings (SSSR count). The summed E-state index contributed by atoms with van der Waals surface area (Å²) in [6.45, 7) is -0.0526. The second-order valence-electron chi connectivity index (χ2n) is 8.01. The van der Waals surface area contributed by atoms with Crippen LogP contribution in [0.5, 0.6) is 0 Å². The lowest BCUT2D eigenvalue weighted by Gasteiger charge is -2.33. The number of carbonyl (C=O) groups is 1. The quantitative estimate of drug-likeness (QED) is 0.377. The van der Waals surface area contributed by atoms with Crippen LogP contribution < -0.4 is 0 Å². The Labute approximate surface area is 201 Å². The average molecular weight is 501 g/mol. The third kappa shape index (κ3) is 4.96. The molecule has 1 aliphatic heterocycles. The summed E-state index contributed by atoms with van der Waals surface area (Å²) in [6.07, 6.45) is 0.426. The van der Waals surface area contributed by atoms with Crippen LogP contribution in [-0.2, 0) is 27.7 Å². The van der Waals surface area contributed by atoms with Gasteiger partial charge in [-0.15, -0.1) is 0 Å². The van der Waals surface area contributed by atoms with Crippen molar-refractivity contribution < 1.29 is 23.2 Å². The zero-order chi connectivity index (χ0) is 24.5. The van der Waals surface area contributed by atoms with Crippen molar-refractivity contribution in [2.24, 2.45) is 0 Å². The molecule has 1 N–H and O–H groups in total. The van der Waals surface area contributed by atoms with Gasteiger partial charge < -0.3 is 5.11 Å². The van der Waals surface area contributed by atoms with Gasteiger partial charge in [-0.3, -0.25) is 14.9 Å². The highest BCUT2D eigenvalue weighted by molar-refractivity contribution is 7.89. The van der Waals surface area contributed by atoms with Crippen molar-refractivity contribution in [1.82, 2.24) is 4.31 Å². The van der Waals surface area contributed by atoms with Gasteiger partial charge in [-0.2, -0.15) is 4.31 Å². The first-order chi connectivity index (χ1) is 16.2. The summed E-state index contributed by atoms with van der Waals surface area (Å²) in [6, 6.07) is 17.3. The Bertz CT molecular complexity index is 1340. The Morgan fingerprint density at radius 3 is 2.26 bits per heavy atom. The first-order valence-electron chi connectivity index (χ1n) is 10.5. The molecule has 0 bridgehead atoms. The van der Waals surface area contributed by atoms with Crippen LogP contribution in [0.1, 0.15) is 22.7 Å². The topological polar surface area (TPSA) is 118 Å². The van der Waals surface area contributed by atoms with Gasteiger partial charge in [-0.25, -0.2) is 8.42 Å². The number of non-ortho nitro benzene ring substituents is 1. The lowest BCUT2D eigenvalue weighted by atomic mass is 9.94. The van der Waals surface area contributed by atoms with E-state index in [1.807, 2.05) is 36.4 Å². The molecule has 0 aromatic heterocycles. The fraction of sp³-hybridized carbons (Fsp3) is 0.208. The molecule has 0 aliphatic carbocycles. The van der Waals surface area contributed by atoms with Crippen LogP contribution in [0.3, 0.4) is 0 Å². The SMILES string of the molecule is O=C(O)C1c2ccc([N+](=O)[O-])cc2CCN1S(=O)(=O)CCc1ccc(-c2ccc(Cl)cc2)cc1. The number of hydrogen-bond acceptors (Lipinski definition) is 5. The summed E-state index contributed by atoms with van der Waals surface area (Å²) >= 11 is 5.92. The summed E-state index contributed by atoms with van der Waals surface area (Å²) in [5.74, 6) is -1.56. The Kier molecular flexibility index (Phi) is 6.70. The molecule has 0 spiro atoms. The van der Waals surface area contributed by atoms with E-state index in [2.05, 4.69) is 0 Å². The van der Waals surface area contributed by atoms with E-state index < -0.39 is 27.0 Å². The number of benzene rings is 3. The lowest BCUT2D eigenvalue weighted by Crippen LogP contribution is -2.44. The smallest absolute Gasteiger partial charge is 0.326 e. The van der Waals surface area contributed by atoms with Crippen LogP contribution in [0, 0.1) is 10.1 Å². The zero-order valence-electron chi connectivity index (χ0n) is 17.9. The van der Waals surface area contributed by atoms with Crippen LogP contribution in [0.25, 0.3) is 11.1 Å². The molecular formula is C24H21ClN2O6S. The van der Waals surface area contributed by atoms with Crippen molar-refractivity contribution in [1.29, 1.82) is 0 Å². The molecule has 1 unspecified atom stereocenters. The van der Waals surface area contributed by atoms with Crippen molar-refractivity contribution in [3.63, 3.8) is 0 Å². The Balaban J connectivity index is 1.50. The highest BCUT2D eigenvalue weighted by Crippen LogP contribution is 2.34. The number of rotatable bonds is 7. The number of aryl methyl sites for hydroxylation is 1. The highest BCUT2D eigenvalue weighted by Gasteiger charge is 2.40. The fourth-order valence-corrected chi connectivity index (χ4v) is 5.88. The van der Waals surface area contributed by atoms with Gasteiger partial charge in [-0.1, -0.05) is 48.0 Å². The maximum atomic E-state index is 13.1. The molecule has 1 atom stereocenters. The molecule has 1 heterocycles. The second-order valence-corrected chi connectivity index (χ2v) is 10.5. The van der Waals surface area contributed by atoms with Crippen LogP contribution in [0.4, 0.5) is 5.69 Å². The van der Waals surface area contributed by atoms with E-state index in [0.717, 1.165) is 21.0 Å². The molecule has 8 nitrogen and oxygen atoms in total. The number of nitro groups is 1. The molecule has 3 aromatic rings. The predicted octanol–water partition coefficient (Wildman–Crippen LogP) is 4.47. The molecule has 34 heavy (non-hydrogen) atoms. The molecule has 0 saturated carbocycles. The number of sulfonamides is 1. The first kappa shape index (κ1) is 23.9. The Morgan fingerprint density at radius 2 is 1.68 bits per heavy atom. The van der Waals surface area contributed by atoms with Crippen molar-refractivity contribution >= 4 is 33.3 Å². The van der Waals surface area contributed by atoms with E-state index in [4.69, 9.17) is 11.6 Å². The molecule has 10 heteroatoms. The monoisotopic (exact) mass is 500 g/mol. The fourth-order valence-electron chi connectivity index (χ4n) is 4.13. The molecule has 0 radical (unpaired) electrons. The second kappa shape index (κ2) is 9.54. The number of carboxylic acids is 1. The van der Waals surface area contributed by atoms with Gasteiger partial charge in [0, 0.05) is 23.7 Å². The molecule has 0 fully saturated rings. The number of fused-ring (bicyclic) bond motifs is 1. The summed E-state index contributed by atoms with van der Waals surface area (Å²) in [4.78, 5) is 22.5. The van der Waals surface area contributed by atoms with Crippen molar-refractivity contribution in [2.45, 2.75) is 18.9 Å². The minimum absolute atomic E-state index is 0.0526. The predicted molar refractivity (Wildman–Crippen MR) is 128 cm³/mol. The lowest BCUT2D eigenvalue weighted by molar-refractivity contribution is -0.384. The minimum Gasteiger partial charge on any atom is -0.480 e. The summed E-state index contributed by atoms with van der Waals surface area (Å²) < 4.78 is 27.2.